The summed E-state index contributed by atoms with van der Waals surface area (Å²) in [5.74, 6) is 1.62. The van der Waals surface area contributed by atoms with Crippen LogP contribution in [0.25, 0.3) is 0 Å². The number of aryl methyl sites for hydroxylation is 1. The zero-order chi connectivity index (χ0) is 12.8. The number of amides is 1. The Morgan fingerprint density at radius 2 is 2.11 bits per heavy atom. The number of halogens is 1. The van der Waals surface area contributed by atoms with Gasteiger partial charge < -0.3 is 10.1 Å². The van der Waals surface area contributed by atoms with Crippen molar-refractivity contribution in [2.75, 3.05) is 17.8 Å². The van der Waals surface area contributed by atoms with Crippen molar-refractivity contribution in [2.45, 2.75) is 32.1 Å². The first-order valence-corrected chi connectivity index (χ1v) is 6.94. The second-order valence-corrected chi connectivity index (χ2v) is 4.84. The smallest absolute Gasteiger partial charge is 0.224 e. The number of benzene rings is 1. The minimum absolute atomic E-state index is 0.0850. The van der Waals surface area contributed by atoms with Crippen LogP contribution in [0.15, 0.2) is 18.2 Å². The van der Waals surface area contributed by atoms with Crippen LogP contribution in [-0.4, -0.2) is 18.4 Å². The van der Waals surface area contributed by atoms with E-state index in [2.05, 4.69) is 5.32 Å². The van der Waals surface area contributed by atoms with Crippen LogP contribution in [-0.2, 0) is 11.2 Å². The third kappa shape index (κ3) is 3.64. The van der Waals surface area contributed by atoms with E-state index in [0.717, 1.165) is 37.1 Å². The van der Waals surface area contributed by atoms with E-state index in [1.807, 2.05) is 18.2 Å². The number of carbonyl (C=O) groups is 1. The highest BCUT2D eigenvalue weighted by atomic mass is 35.5. The van der Waals surface area contributed by atoms with Gasteiger partial charge in [-0.3, -0.25) is 4.79 Å². The van der Waals surface area contributed by atoms with Gasteiger partial charge in [0.25, 0.3) is 0 Å². The first-order chi connectivity index (χ1) is 8.79. The van der Waals surface area contributed by atoms with Gasteiger partial charge in [0.1, 0.15) is 5.75 Å². The monoisotopic (exact) mass is 267 g/mol. The van der Waals surface area contributed by atoms with Gasteiger partial charge in [-0.1, -0.05) is 6.07 Å². The molecule has 0 bridgehead atoms. The third-order valence-electron chi connectivity index (χ3n) is 3.02. The molecule has 0 fully saturated rings. The maximum atomic E-state index is 11.3. The molecule has 0 spiro atoms. The van der Waals surface area contributed by atoms with Crippen molar-refractivity contribution in [3.05, 3.63) is 23.8 Å². The topological polar surface area (TPSA) is 38.3 Å². The quantitative estimate of drug-likeness (QED) is 0.634. The molecule has 98 valence electrons. The Morgan fingerprint density at radius 1 is 1.22 bits per heavy atom. The van der Waals surface area contributed by atoms with Gasteiger partial charge in [0.05, 0.1) is 6.61 Å². The Hall–Kier alpha value is -1.22. The Morgan fingerprint density at radius 3 is 2.94 bits per heavy atom. The normalized spacial score (nSPS) is 13.9. The first kappa shape index (κ1) is 13.2. The fraction of sp³-hybridized carbons (Fsp3) is 0.500. The van der Waals surface area contributed by atoms with Crippen molar-refractivity contribution >= 4 is 23.2 Å². The van der Waals surface area contributed by atoms with Gasteiger partial charge in [0.15, 0.2) is 0 Å². The van der Waals surface area contributed by atoms with E-state index in [0.29, 0.717) is 18.9 Å². The Balaban J connectivity index is 1.86. The summed E-state index contributed by atoms with van der Waals surface area (Å²) in [6.45, 7) is 0.698. The van der Waals surface area contributed by atoms with Crippen LogP contribution in [0.3, 0.4) is 0 Å². The molecule has 1 amide bonds. The minimum atomic E-state index is 0.0850. The zero-order valence-corrected chi connectivity index (χ0v) is 11.1. The van der Waals surface area contributed by atoms with Crippen LogP contribution in [0.4, 0.5) is 5.69 Å². The van der Waals surface area contributed by atoms with Crippen LogP contribution in [0.1, 0.15) is 31.2 Å². The number of ether oxygens (including phenoxy) is 1. The summed E-state index contributed by atoms with van der Waals surface area (Å²) < 4.78 is 5.66. The lowest BCUT2D eigenvalue weighted by molar-refractivity contribution is -0.116. The molecule has 1 aliphatic rings. The number of fused-ring (bicyclic) bond motifs is 1. The standard InChI is InChI=1S/C14H18ClNO2/c15-8-2-1-3-9-18-12-6-4-11-5-7-14(17)16-13(11)10-12/h4,6,10H,1-3,5,7-9H2,(H,16,17). The molecule has 2 rings (SSSR count). The van der Waals surface area contributed by atoms with E-state index in [1.54, 1.807) is 0 Å². The van der Waals surface area contributed by atoms with E-state index < -0.39 is 0 Å². The molecule has 0 radical (unpaired) electrons. The fourth-order valence-corrected chi connectivity index (χ4v) is 2.19. The summed E-state index contributed by atoms with van der Waals surface area (Å²) in [6, 6.07) is 5.91. The molecule has 0 aromatic heterocycles. The number of alkyl halides is 1. The number of carbonyl (C=O) groups excluding carboxylic acids is 1. The van der Waals surface area contributed by atoms with Crippen LogP contribution < -0.4 is 10.1 Å². The van der Waals surface area contributed by atoms with Crippen LogP contribution in [0, 0.1) is 0 Å². The zero-order valence-electron chi connectivity index (χ0n) is 10.4. The number of hydrogen-bond donors (Lipinski definition) is 1. The molecule has 0 atom stereocenters. The lowest BCUT2D eigenvalue weighted by atomic mass is 10.0. The molecule has 3 nitrogen and oxygen atoms in total. The summed E-state index contributed by atoms with van der Waals surface area (Å²) in [5, 5.41) is 2.87. The van der Waals surface area contributed by atoms with E-state index in [9.17, 15) is 4.79 Å². The van der Waals surface area contributed by atoms with Gasteiger partial charge in [0, 0.05) is 24.1 Å². The molecule has 0 saturated heterocycles. The number of hydrogen-bond acceptors (Lipinski definition) is 2. The average Bonchev–Trinajstić information content (AvgIpc) is 2.38. The molecule has 18 heavy (non-hydrogen) atoms. The summed E-state index contributed by atoms with van der Waals surface area (Å²) >= 11 is 5.61. The van der Waals surface area contributed by atoms with Gasteiger partial charge in [0.2, 0.25) is 5.91 Å². The number of rotatable bonds is 6. The Kier molecular flexibility index (Phi) is 4.88. The van der Waals surface area contributed by atoms with E-state index in [1.165, 1.54) is 5.56 Å². The largest absolute Gasteiger partial charge is 0.494 e. The van der Waals surface area contributed by atoms with Crippen LogP contribution in [0.5, 0.6) is 5.75 Å². The maximum Gasteiger partial charge on any atom is 0.224 e. The molecule has 0 aliphatic carbocycles. The van der Waals surface area contributed by atoms with Crippen LogP contribution >= 0.6 is 11.6 Å². The molecular formula is C14H18ClNO2. The fourth-order valence-electron chi connectivity index (χ4n) is 2.00. The molecular weight excluding hydrogens is 250 g/mol. The SMILES string of the molecule is O=C1CCc2ccc(OCCCCCCl)cc2N1. The molecule has 1 N–H and O–H groups in total. The lowest BCUT2D eigenvalue weighted by Gasteiger charge is -2.17. The van der Waals surface area contributed by atoms with Crippen molar-refractivity contribution in [3.8, 4) is 5.75 Å². The molecule has 1 aliphatic heterocycles. The van der Waals surface area contributed by atoms with E-state index in [-0.39, 0.29) is 5.91 Å². The van der Waals surface area contributed by atoms with Gasteiger partial charge in [-0.25, -0.2) is 0 Å². The highest BCUT2D eigenvalue weighted by Crippen LogP contribution is 2.27. The summed E-state index contributed by atoms with van der Waals surface area (Å²) in [4.78, 5) is 11.3. The van der Waals surface area contributed by atoms with Crippen LogP contribution in [0.2, 0.25) is 0 Å². The molecule has 1 aromatic carbocycles. The lowest BCUT2D eigenvalue weighted by Crippen LogP contribution is -2.18. The summed E-state index contributed by atoms with van der Waals surface area (Å²) in [5.41, 5.74) is 2.08. The average molecular weight is 268 g/mol. The predicted octanol–water partition coefficient (Wildman–Crippen LogP) is 3.36. The highest BCUT2D eigenvalue weighted by Gasteiger charge is 2.14. The van der Waals surface area contributed by atoms with E-state index >= 15 is 0 Å². The minimum Gasteiger partial charge on any atom is -0.494 e. The molecule has 4 heteroatoms. The highest BCUT2D eigenvalue weighted by molar-refractivity contribution is 6.17. The van der Waals surface area contributed by atoms with Crippen molar-refractivity contribution in [2.24, 2.45) is 0 Å². The van der Waals surface area contributed by atoms with Crippen molar-refractivity contribution in [1.29, 1.82) is 0 Å². The number of anilines is 1. The predicted molar refractivity (Wildman–Crippen MR) is 73.5 cm³/mol. The Bertz CT molecular complexity index is 420. The van der Waals surface area contributed by atoms with Gasteiger partial charge >= 0.3 is 0 Å². The molecule has 0 unspecified atom stereocenters. The molecule has 1 heterocycles. The van der Waals surface area contributed by atoms with E-state index in [4.69, 9.17) is 16.3 Å². The maximum absolute atomic E-state index is 11.3. The first-order valence-electron chi connectivity index (χ1n) is 6.41. The van der Waals surface area contributed by atoms with Crippen molar-refractivity contribution in [3.63, 3.8) is 0 Å². The van der Waals surface area contributed by atoms with Crippen molar-refractivity contribution < 1.29 is 9.53 Å². The summed E-state index contributed by atoms with van der Waals surface area (Å²) in [7, 11) is 0. The van der Waals surface area contributed by atoms with Gasteiger partial charge in [-0.2, -0.15) is 0 Å². The number of unbranched alkanes of at least 4 members (excludes halogenated alkanes) is 2. The van der Waals surface area contributed by atoms with Gasteiger partial charge in [-0.05, 0) is 37.3 Å². The van der Waals surface area contributed by atoms with Crippen molar-refractivity contribution in [1.82, 2.24) is 0 Å². The Labute approximate surface area is 112 Å². The molecule has 0 saturated carbocycles. The molecule has 1 aromatic rings. The second kappa shape index (κ2) is 6.64. The summed E-state index contributed by atoms with van der Waals surface area (Å²) in [6.07, 6.45) is 4.52. The third-order valence-corrected chi connectivity index (χ3v) is 3.29. The van der Waals surface area contributed by atoms with Gasteiger partial charge in [-0.15, -0.1) is 11.6 Å². The number of nitrogens with one attached hydrogen (secondary N) is 1. The second-order valence-electron chi connectivity index (χ2n) is 4.47.